The number of hydrogen-bond acceptors (Lipinski definition) is 2. The molecule has 1 aliphatic rings. The summed E-state index contributed by atoms with van der Waals surface area (Å²) in [6.07, 6.45) is 2.35. The molecule has 0 saturated carbocycles. The average molecular weight is 286 g/mol. The predicted octanol–water partition coefficient (Wildman–Crippen LogP) is 3.12. The summed E-state index contributed by atoms with van der Waals surface area (Å²) in [6.45, 7) is 6.27. The lowest BCUT2D eigenvalue weighted by Gasteiger charge is -2.23. The molecule has 0 aliphatic carbocycles. The summed E-state index contributed by atoms with van der Waals surface area (Å²) in [5.74, 6) is 0.0573. The van der Waals surface area contributed by atoms with E-state index in [-0.39, 0.29) is 12.0 Å². The SMILES string of the molecule is CCN(C[C@H]1CCCO1)C(=O)c1cc2ccc(C)cc2[nH]1. The van der Waals surface area contributed by atoms with Gasteiger partial charge in [-0.15, -0.1) is 0 Å². The van der Waals surface area contributed by atoms with Gasteiger partial charge in [0.05, 0.1) is 6.10 Å². The van der Waals surface area contributed by atoms with Gasteiger partial charge in [0.15, 0.2) is 0 Å². The molecule has 1 fully saturated rings. The topological polar surface area (TPSA) is 45.3 Å². The fourth-order valence-corrected chi connectivity index (χ4v) is 2.92. The van der Waals surface area contributed by atoms with Crippen LogP contribution in [0.15, 0.2) is 24.3 Å². The van der Waals surface area contributed by atoms with Crippen LogP contribution in [0.3, 0.4) is 0 Å². The van der Waals surface area contributed by atoms with E-state index in [1.165, 1.54) is 5.56 Å². The Morgan fingerprint density at radius 1 is 1.43 bits per heavy atom. The van der Waals surface area contributed by atoms with Crippen molar-refractivity contribution in [3.63, 3.8) is 0 Å². The fraction of sp³-hybridized carbons (Fsp3) is 0.471. The summed E-state index contributed by atoms with van der Waals surface area (Å²) in [7, 11) is 0. The lowest BCUT2D eigenvalue weighted by molar-refractivity contribution is 0.0535. The van der Waals surface area contributed by atoms with Gasteiger partial charge in [0.2, 0.25) is 0 Å². The van der Waals surface area contributed by atoms with Crippen LogP contribution in [0.5, 0.6) is 0 Å². The Hall–Kier alpha value is -1.81. The standard InChI is InChI=1S/C17H22N2O2/c1-3-19(11-14-5-4-8-21-14)17(20)16-10-13-7-6-12(2)9-15(13)18-16/h6-7,9-10,14,18H,3-5,8,11H2,1-2H3/t14-/m1/s1. The maximum atomic E-state index is 12.7. The van der Waals surface area contributed by atoms with E-state index in [2.05, 4.69) is 24.0 Å². The maximum absolute atomic E-state index is 12.7. The number of nitrogens with one attached hydrogen (secondary N) is 1. The molecule has 4 nitrogen and oxygen atoms in total. The van der Waals surface area contributed by atoms with E-state index in [1.807, 2.05) is 24.0 Å². The number of benzene rings is 1. The van der Waals surface area contributed by atoms with Crippen LogP contribution in [0.25, 0.3) is 10.9 Å². The minimum atomic E-state index is 0.0573. The van der Waals surface area contributed by atoms with Crippen molar-refractivity contribution in [1.82, 2.24) is 9.88 Å². The van der Waals surface area contributed by atoms with Crippen LogP contribution >= 0.6 is 0 Å². The van der Waals surface area contributed by atoms with Crippen LogP contribution in [0, 0.1) is 6.92 Å². The second-order valence-corrected chi connectivity index (χ2v) is 5.75. The molecule has 2 heterocycles. The number of fused-ring (bicyclic) bond motifs is 1. The normalized spacial score (nSPS) is 18.3. The number of amides is 1. The average Bonchev–Trinajstić information content (AvgIpc) is 3.12. The molecule has 0 unspecified atom stereocenters. The first-order valence-electron chi connectivity index (χ1n) is 7.67. The number of aromatic amines is 1. The van der Waals surface area contributed by atoms with Crippen LogP contribution in [-0.2, 0) is 4.74 Å². The first kappa shape index (κ1) is 14.1. The number of H-pyrrole nitrogens is 1. The summed E-state index contributed by atoms with van der Waals surface area (Å²) < 4.78 is 5.64. The van der Waals surface area contributed by atoms with E-state index < -0.39 is 0 Å². The van der Waals surface area contributed by atoms with Crippen LogP contribution in [0.2, 0.25) is 0 Å². The van der Waals surface area contributed by atoms with Crippen LogP contribution in [-0.4, -0.2) is 41.6 Å². The highest BCUT2D eigenvalue weighted by molar-refractivity contribution is 5.98. The van der Waals surface area contributed by atoms with E-state index in [0.717, 1.165) is 30.4 Å². The molecule has 0 bridgehead atoms. The Morgan fingerprint density at radius 2 is 2.29 bits per heavy atom. The Balaban J connectivity index is 1.80. The van der Waals surface area contributed by atoms with Gasteiger partial charge >= 0.3 is 0 Å². The number of aryl methyl sites for hydroxylation is 1. The Labute approximate surface area is 125 Å². The molecule has 1 atom stereocenters. The number of aromatic nitrogens is 1. The number of hydrogen-bond donors (Lipinski definition) is 1. The van der Waals surface area contributed by atoms with Crippen molar-refractivity contribution in [2.24, 2.45) is 0 Å². The molecule has 3 rings (SSSR count). The zero-order valence-corrected chi connectivity index (χ0v) is 12.7. The highest BCUT2D eigenvalue weighted by Crippen LogP contribution is 2.19. The first-order chi connectivity index (χ1) is 10.2. The molecule has 0 spiro atoms. The zero-order chi connectivity index (χ0) is 14.8. The molecule has 0 radical (unpaired) electrons. The van der Waals surface area contributed by atoms with Gasteiger partial charge in [-0.3, -0.25) is 4.79 Å². The summed E-state index contributed by atoms with van der Waals surface area (Å²) in [5.41, 5.74) is 2.87. The lowest BCUT2D eigenvalue weighted by atomic mass is 10.2. The van der Waals surface area contributed by atoms with Crippen LogP contribution < -0.4 is 0 Å². The molecule has 1 aromatic heterocycles. The third-order valence-electron chi connectivity index (χ3n) is 4.13. The van der Waals surface area contributed by atoms with Gasteiger partial charge in [-0.2, -0.15) is 0 Å². The lowest BCUT2D eigenvalue weighted by Crippen LogP contribution is -2.37. The smallest absolute Gasteiger partial charge is 0.270 e. The third-order valence-corrected chi connectivity index (χ3v) is 4.13. The molecule has 21 heavy (non-hydrogen) atoms. The molecule has 1 saturated heterocycles. The van der Waals surface area contributed by atoms with Gasteiger partial charge in [0.25, 0.3) is 5.91 Å². The van der Waals surface area contributed by atoms with E-state index in [9.17, 15) is 4.79 Å². The van der Waals surface area contributed by atoms with Crippen molar-refractivity contribution >= 4 is 16.8 Å². The zero-order valence-electron chi connectivity index (χ0n) is 12.7. The van der Waals surface area contributed by atoms with E-state index in [4.69, 9.17) is 4.74 Å². The molecule has 112 valence electrons. The number of nitrogens with zero attached hydrogens (tertiary/aromatic N) is 1. The van der Waals surface area contributed by atoms with Gasteiger partial charge < -0.3 is 14.6 Å². The molecule has 1 N–H and O–H groups in total. The van der Waals surface area contributed by atoms with Gasteiger partial charge in [-0.05, 0) is 44.4 Å². The number of ether oxygens (including phenoxy) is 1. The monoisotopic (exact) mass is 286 g/mol. The van der Waals surface area contributed by atoms with Crippen molar-refractivity contribution < 1.29 is 9.53 Å². The van der Waals surface area contributed by atoms with Gasteiger partial charge in [0, 0.05) is 30.6 Å². The minimum Gasteiger partial charge on any atom is -0.376 e. The third kappa shape index (κ3) is 2.95. The van der Waals surface area contributed by atoms with Gasteiger partial charge in [-0.25, -0.2) is 0 Å². The summed E-state index contributed by atoms with van der Waals surface area (Å²) >= 11 is 0. The molecule has 1 aliphatic heterocycles. The predicted molar refractivity (Wildman–Crippen MR) is 83.6 cm³/mol. The van der Waals surface area contributed by atoms with E-state index in [0.29, 0.717) is 18.8 Å². The molecular formula is C17H22N2O2. The van der Waals surface area contributed by atoms with E-state index in [1.54, 1.807) is 0 Å². The van der Waals surface area contributed by atoms with Crippen molar-refractivity contribution in [3.05, 3.63) is 35.5 Å². The summed E-state index contributed by atoms with van der Waals surface area (Å²) in [6, 6.07) is 8.13. The number of rotatable bonds is 4. The maximum Gasteiger partial charge on any atom is 0.270 e. The Bertz CT molecular complexity index is 641. The second-order valence-electron chi connectivity index (χ2n) is 5.75. The van der Waals surface area contributed by atoms with Crippen molar-refractivity contribution in [2.45, 2.75) is 32.8 Å². The molecule has 1 aromatic carbocycles. The quantitative estimate of drug-likeness (QED) is 0.938. The van der Waals surface area contributed by atoms with Crippen LogP contribution in [0.1, 0.15) is 35.8 Å². The van der Waals surface area contributed by atoms with Gasteiger partial charge in [0.1, 0.15) is 5.69 Å². The molecule has 1 amide bonds. The summed E-state index contributed by atoms with van der Waals surface area (Å²) in [4.78, 5) is 17.8. The Kier molecular flexibility index (Phi) is 3.97. The largest absolute Gasteiger partial charge is 0.376 e. The first-order valence-corrected chi connectivity index (χ1v) is 7.67. The minimum absolute atomic E-state index is 0.0573. The van der Waals surface area contributed by atoms with E-state index >= 15 is 0 Å². The molecule has 2 aromatic rings. The van der Waals surface area contributed by atoms with Crippen LogP contribution in [0.4, 0.5) is 0 Å². The van der Waals surface area contributed by atoms with Gasteiger partial charge in [-0.1, -0.05) is 12.1 Å². The molecule has 4 heteroatoms. The number of carbonyl (C=O) groups excluding carboxylic acids is 1. The van der Waals surface area contributed by atoms with Crippen molar-refractivity contribution in [2.75, 3.05) is 19.7 Å². The molecular weight excluding hydrogens is 264 g/mol. The highest BCUT2D eigenvalue weighted by Gasteiger charge is 2.23. The van der Waals surface area contributed by atoms with Crippen molar-refractivity contribution in [1.29, 1.82) is 0 Å². The fourth-order valence-electron chi connectivity index (χ4n) is 2.92. The highest BCUT2D eigenvalue weighted by atomic mass is 16.5. The van der Waals surface area contributed by atoms with Crippen molar-refractivity contribution in [3.8, 4) is 0 Å². The number of likely N-dealkylation sites (N-methyl/N-ethyl adjacent to an activating group) is 1. The Morgan fingerprint density at radius 3 is 3.00 bits per heavy atom. The summed E-state index contributed by atoms with van der Waals surface area (Å²) in [5, 5.41) is 1.08. The number of carbonyl (C=O) groups is 1. The second kappa shape index (κ2) is 5.90.